The highest BCUT2D eigenvalue weighted by molar-refractivity contribution is 5.89. The van der Waals surface area contributed by atoms with Crippen molar-refractivity contribution in [2.24, 2.45) is 11.8 Å². The van der Waals surface area contributed by atoms with Crippen molar-refractivity contribution in [1.29, 1.82) is 0 Å². The number of hydrogen-bond donors (Lipinski definition) is 2. The Balaban J connectivity index is 1.55. The predicted molar refractivity (Wildman–Crippen MR) is 137 cm³/mol. The Hall–Kier alpha value is -2.61. The number of carbonyl (C=O) groups is 3. The lowest BCUT2D eigenvalue weighted by molar-refractivity contribution is -0.137. The van der Waals surface area contributed by atoms with Gasteiger partial charge in [0.1, 0.15) is 11.6 Å². The first-order chi connectivity index (χ1) is 16.9. The van der Waals surface area contributed by atoms with Gasteiger partial charge in [0, 0.05) is 19.7 Å². The predicted octanol–water partition coefficient (Wildman–Crippen LogP) is 4.92. The molecule has 3 rings (SSSR count). The van der Waals surface area contributed by atoms with Crippen molar-refractivity contribution in [1.82, 2.24) is 10.2 Å². The van der Waals surface area contributed by atoms with Gasteiger partial charge in [0.15, 0.2) is 0 Å². The average Bonchev–Trinajstić information content (AvgIpc) is 2.76. The van der Waals surface area contributed by atoms with E-state index in [1.165, 1.54) is 0 Å². The third-order valence-electron chi connectivity index (χ3n) is 7.38. The first kappa shape index (κ1) is 28.0. The van der Waals surface area contributed by atoms with Gasteiger partial charge in [-0.15, -0.1) is 0 Å². The van der Waals surface area contributed by atoms with Gasteiger partial charge < -0.3 is 24.8 Å². The van der Waals surface area contributed by atoms with Gasteiger partial charge in [0.05, 0.1) is 12.2 Å². The Morgan fingerprint density at radius 1 is 1.11 bits per heavy atom. The summed E-state index contributed by atoms with van der Waals surface area (Å²) in [6, 6.07) is 5.03. The van der Waals surface area contributed by atoms with Gasteiger partial charge in [-0.2, -0.15) is 0 Å². The van der Waals surface area contributed by atoms with Crippen molar-refractivity contribution >= 4 is 18.0 Å². The fraction of sp³-hybridized carbons (Fsp3) is 0.679. The van der Waals surface area contributed by atoms with E-state index in [2.05, 4.69) is 5.32 Å². The summed E-state index contributed by atoms with van der Waals surface area (Å²) in [6.45, 7) is 8.10. The molecule has 2 fully saturated rings. The molecule has 0 unspecified atom stereocenters. The third kappa shape index (κ3) is 7.69. The van der Waals surface area contributed by atoms with Crippen molar-refractivity contribution in [2.45, 2.75) is 96.9 Å². The fourth-order valence-electron chi connectivity index (χ4n) is 5.03. The molecular weight excluding hydrogens is 460 g/mol. The third-order valence-corrected chi connectivity index (χ3v) is 7.38. The second kappa shape index (κ2) is 12.1. The van der Waals surface area contributed by atoms with Crippen molar-refractivity contribution < 1.29 is 29.0 Å². The van der Waals surface area contributed by atoms with Gasteiger partial charge in [-0.05, 0) is 96.1 Å². The molecule has 8 nitrogen and oxygen atoms in total. The summed E-state index contributed by atoms with van der Waals surface area (Å²) in [5.74, 6) is -0.607. The number of alkyl carbamates (subject to hydrolysis) is 1. The fourth-order valence-corrected chi connectivity index (χ4v) is 5.03. The largest absolute Gasteiger partial charge is 0.478 e. The van der Waals surface area contributed by atoms with Crippen molar-refractivity contribution in [2.75, 3.05) is 13.7 Å². The number of aromatic carboxylic acids is 1. The molecule has 1 aromatic rings. The summed E-state index contributed by atoms with van der Waals surface area (Å²) in [5.41, 5.74) is 1.23. The van der Waals surface area contributed by atoms with Gasteiger partial charge in [-0.1, -0.05) is 17.7 Å². The SMILES string of the molecule is Cc1ccc(COC[C@H]2CC[C@H]([C@H](NC(=O)OC(C)(C)C)C(=O)N(C)C3CCC3)CC2)c(C(=O)O)c1. The minimum Gasteiger partial charge on any atom is -0.478 e. The van der Waals surface area contributed by atoms with E-state index in [0.29, 0.717) is 18.1 Å². The van der Waals surface area contributed by atoms with Crippen LogP contribution in [0.4, 0.5) is 4.79 Å². The molecule has 0 saturated heterocycles. The van der Waals surface area contributed by atoms with Gasteiger partial charge in [-0.25, -0.2) is 9.59 Å². The van der Waals surface area contributed by atoms with E-state index in [-0.39, 0.29) is 30.0 Å². The van der Waals surface area contributed by atoms with E-state index < -0.39 is 23.7 Å². The molecule has 2 saturated carbocycles. The normalized spacial score (nSPS) is 21.2. The highest BCUT2D eigenvalue weighted by Gasteiger charge is 2.38. The Bertz CT molecular complexity index is 928. The number of carbonyl (C=O) groups excluding carboxylic acids is 2. The maximum absolute atomic E-state index is 13.4. The summed E-state index contributed by atoms with van der Waals surface area (Å²) in [6.07, 6.45) is 5.99. The molecule has 0 heterocycles. The van der Waals surface area contributed by atoms with Crippen LogP contribution in [0, 0.1) is 18.8 Å². The summed E-state index contributed by atoms with van der Waals surface area (Å²) in [7, 11) is 1.84. The van der Waals surface area contributed by atoms with Crippen LogP contribution < -0.4 is 5.32 Å². The van der Waals surface area contributed by atoms with Crippen LogP contribution >= 0.6 is 0 Å². The van der Waals surface area contributed by atoms with E-state index in [1.807, 2.05) is 51.8 Å². The first-order valence-corrected chi connectivity index (χ1v) is 13.1. The Labute approximate surface area is 214 Å². The van der Waals surface area contributed by atoms with Crippen LogP contribution in [0.5, 0.6) is 0 Å². The van der Waals surface area contributed by atoms with Crippen LogP contribution in [-0.4, -0.2) is 59.3 Å². The number of likely N-dealkylation sites (N-methyl/N-ethyl adjacent to an activating group) is 1. The number of amides is 2. The minimum atomic E-state index is -0.946. The van der Waals surface area contributed by atoms with Gasteiger partial charge in [0.25, 0.3) is 0 Å². The molecule has 36 heavy (non-hydrogen) atoms. The Morgan fingerprint density at radius 2 is 1.78 bits per heavy atom. The topological polar surface area (TPSA) is 105 Å². The Kier molecular flexibility index (Phi) is 9.39. The molecule has 8 heteroatoms. The van der Waals surface area contributed by atoms with E-state index in [9.17, 15) is 19.5 Å². The molecule has 0 bridgehead atoms. The number of carboxylic acid groups (broad SMARTS) is 1. The molecular formula is C28H42N2O6. The number of ether oxygens (including phenoxy) is 2. The van der Waals surface area contributed by atoms with E-state index in [0.717, 1.165) is 50.5 Å². The molecule has 1 atom stereocenters. The standard InChI is InChI=1S/C28H42N2O6/c1-18-9-12-21(23(15-18)26(32)33)17-35-16-19-10-13-20(14-11-19)24(29-27(34)36-28(2,3)4)25(31)30(5)22-7-6-8-22/h9,12,15,19-20,22,24H,6-8,10-11,13-14,16-17H2,1-5H3,(H,29,34)(H,32,33)/t19-,20-,24-/m0/s1. The zero-order chi connectivity index (χ0) is 26.5. The summed E-state index contributed by atoms with van der Waals surface area (Å²) < 4.78 is 11.4. The maximum Gasteiger partial charge on any atom is 0.408 e. The molecule has 0 spiro atoms. The number of benzene rings is 1. The zero-order valence-corrected chi connectivity index (χ0v) is 22.3. The first-order valence-electron chi connectivity index (χ1n) is 13.1. The lowest BCUT2D eigenvalue weighted by atomic mass is 9.78. The van der Waals surface area contributed by atoms with Gasteiger partial charge in [0.2, 0.25) is 5.91 Å². The second-order valence-electron chi connectivity index (χ2n) is 11.4. The summed E-state index contributed by atoms with van der Waals surface area (Å²) >= 11 is 0. The number of rotatable bonds is 9. The van der Waals surface area contributed by atoms with Crippen LogP contribution in [0.25, 0.3) is 0 Å². The number of nitrogens with one attached hydrogen (secondary N) is 1. The molecule has 2 N–H and O–H groups in total. The Morgan fingerprint density at radius 3 is 2.33 bits per heavy atom. The van der Waals surface area contributed by atoms with Crippen LogP contribution in [0.15, 0.2) is 18.2 Å². The molecule has 2 aliphatic rings. The highest BCUT2D eigenvalue weighted by Crippen LogP contribution is 2.33. The van der Waals surface area contributed by atoms with Crippen LogP contribution in [0.3, 0.4) is 0 Å². The van der Waals surface area contributed by atoms with Gasteiger partial charge >= 0.3 is 12.1 Å². The second-order valence-corrected chi connectivity index (χ2v) is 11.4. The van der Waals surface area contributed by atoms with E-state index in [1.54, 1.807) is 6.07 Å². The van der Waals surface area contributed by atoms with E-state index >= 15 is 0 Å². The van der Waals surface area contributed by atoms with Crippen LogP contribution in [-0.2, 0) is 20.9 Å². The summed E-state index contributed by atoms with van der Waals surface area (Å²) in [5, 5.41) is 12.3. The monoisotopic (exact) mass is 502 g/mol. The van der Waals surface area contributed by atoms with E-state index in [4.69, 9.17) is 9.47 Å². The molecule has 200 valence electrons. The molecule has 2 aliphatic carbocycles. The molecule has 2 amide bonds. The number of carboxylic acids is 1. The lowest BCUT2D eigenvalue weighted by Gasteiger charge is -2.40. The lowest BCUT2D eigenvalue weighted by Crippen LogP contribution is -2.55. The van der Waals surface area contributed by atoms with Crippen LogP contribution in [0.1, 0.15) is 87.2 Å². The number of nitrogens with zero attached hydrogens (tertiary/aromatic N) is 1. The maximum atomic E-state index is 13.4. The summed E-state index contributed by atoms with van der Waals surface area (Å²) in [4.78, 5) is 39.3. The molecule has 1 aromatic carbocycles. The number of aryl methyl sites for hydroxylation is 1. The smallest absolute Gasteiger partial charge is 0.408 e. The van der Waals surface area contributed by atoms with Crippen molar-refractivity contribution in [3.05, 3.63) is 34.9 Å². The van der Waals surface area contributed by atoms with Crippen LogP contribution in [0.2, 0.25) is 0 Å². The zero-order valence-electron chi connectivity index (χ0n) is 22.3. The molecule has 0 aliphatic heterocycles. The average molecular weight is 503 g/mol. The molecule has 0 radical (unpaired) electrons. The van der Waals surface area contributed by atoms with Gasteiger partial charge in [-0.3, -0.25) is 4.79 Å². The number of hydrogen-bond acceptors (Lipinski definition) is 5. The van der Waals surface area contributed by atoms with Crippen molar-refractivity contribution in [3.63, 3.8) is 0 Å². The molecule has 0 aromatic heterocycles. The minimum absolute atomic E-state index is 0.0363. The van der Waals surface area contributed by atoms with Crippen molar-refractivity contribution in [3.8, 4) is 0 Å². The highest BCUT2D eigenvalue weighted by atomic mass is 16.6. The quantitative estimate of drug-likeness (QED) is 0.497.